The Bertz CT molecular complexity index is 808. The van der Waals surface area contributed by atoms with Gasteiger partial charge < -0.3 is 15.9 Å². The smallest absolute Gasteiger partial charge is 0.238 e. The number of benzene rings is 2. The molecule has 4 N–H and O–H groups in total. The first kappa shape index (κ1) is 21.3. The molecule has 2 aromatic carbocycles. The lowest BCUT2D eigenvalue weighted by molar-refractivity contribution is -0.272. The Morgan fingerprint density at radius 3 is 2.43 bits per heavy atom. The maximum absolute atomic E-state index is 10.1. The van der Waals surface area contributed by atoms with Gasteiger partial charge in [0.2, 0.25) is 5.91 Å². The SMILES string of the molecule is CN(C(C)(C)CC[C@@H]1C[C@@H](c2ccccc2)c2ccc(Cl)cc21)C(O)(O)CN. The Balaban J connectivity index is 1.81. The molecule has 3 rings (SSSR count). The molecule has 1 aliphatic carbocycles. The lowest BCUT2D eigenvalue weighted by Crippen LogP contribution is -2.60. The summed E-state index contributed by atoms with van der Waals surface area (Å²) in [6, 6.07) is 16.8. The van der Waals surface area contributed by atoms with Crippen molar-refractivity contribution in [3.05, 3.63) is 70.2 Å². The summed E-state index contributed by atoms with van der Waals surface area (Å²) in [7, 11) is 1.71. The van der Waals surface area contributed by atoms with Crippen LogP contribution in [0.1, 0.15) is 61.6 Å². The van der Waals surface area contributed by atoms with Gasteiger partial charge in [0.15, 0.2) is 0 Å². The van der Waals surface area contributed by atoms with Crippen LogP contribution in [0.15, 0.2) is 48.5 Å². The number of hydrogen-bond acceptors (Lipinski definition) is 4. The summed E-state index contributed by atoms with van der Waals surface area (Å²) in [6.45, 7) is 3.81. The third-order valence-corrected chi connectivity index (χ3v) is 6.64. The van der Waals surface area contributed by atoms with Gasteiger partial charge in [-0.05, 0) is 74.9 Å². The van der Waals surface area contributed by atoms with Crippen molar-refractivity contribution in [1.82, 2.24) is 4.90 Å². The average Bonchev–Trinajstić information content (AvgIpc) is 3.04. The van der Waals surface area contributed by atoms with E-state index in [0.717, 1.165) is 24.3 Å². The first-order valence-electron chi connectivity index (χ1n) is 9.89. The second-order valence-corrected chi connectivity index (χ2v) is 8.99. The summed E-state index contributed by atoms with van der Waals surface area (Å²) in [6.07, 6.45) is 2.79. The number of fused-ring (bicyclic) bond motifs is 1. The molecule has 0 fully saturated rings. The highest BCUT2D eigenvalue weighted by molar-refractivity contribution is 6.30. The number of aliphatic hydroxyl groups is 2. The fourth-order valence-electron chi connectivity index (χ4n) is 4.35. The standard InChI is InChI=1S/C23H31ClN2O2/c1-22(2,26(3)23(27,28)15-25)12-11-17-13-20(16-7-5-4-6-8-16)19-10-9-18(24)14-21(17)19/h4-10,14,17,20,27-28H,11-13,15,25H2,1-3H3/t17-,20+/m1/s1. The van der Waals surface area contributed by atoms with Crippen LogP contribution in [-0.2, 0) is 0 Å². The zero-order valence-corrected chi connectivity index (χ0v) is 17.7. The highest BCUT2D eigenvalue weighted by atomic mass is 35.5. The number of hydrogen-bond donors (Lipinski definition) is 3. The van der Waals surface area contributed by atoms with Crippen molar-refractivity contribution in [2.24, 2.45) is 5.73 Å². The van der Waals surface area contributed by atoms with E-state index in [1.54, 1.807) is 11.9 Å². The first-order valence-corrected chi connectivity index (χ1v) is 10.3. The van der Waals surface area contributed by atoms with Crippen molar-refractivity contribution in [2.45, 2.75) is 56.4 Å². The number of rotatable bonds is 7. The second kappa shape index (κ2) is 8.13. The summed E-state index contributed by atoms with van der Waals surface area (Å²) < 4.78 is 0. The van der Waals surface area contributed by atoms with Crippen molar-refractivity contribution in [3.8, 4) is 0 Å². The summed E-state index contributed by atoms with van der Waals surface area (Å²) in [4.78, 5) is 1.56. The van der Waals surface area contributed by atoms with Crippen molar-refractivity contribution in [3.63, 3.8) is 0 Å². The molecule has 0 aromatic heterocycles. The van der Waals surface area contributed by atoms with Gasteiger partial charge in [0.05, 0.1) is 6.54 Å². The number of nitrogens with zero attached hydrogens (tertiary/aromatic N) is 1. The maximum atomic E-state index is 10.1. The lowest BCUT2D eigenvalue weighted by atomic mass is 9.87. The highest BCUT2D eigenvalue weighted by Crippen LogP contribution is 2.48. The molecule has 0 radical (unpaired) electrons. The van der Waals surface area contributed by atoms with Gasteiger partial charge in [-0.15, -0.1) is 0 Å². The minimum absolute atomic E-state index is 0.231. The largest absolute Gasteiger partial charge is 0.352 e. The molecular formula is C23H31ClN2O2. The Labute approximate surface area is 172 Å². The molecule has 1 aliphatic rings. The van der Waals surface area contributed by atoms with Crippen LogP contribution in [-0.4, -0.2) is 40.2 Å². The van der Waals surface area contributed by atoms with Gasteiger partial charge in [0.1, 0.15) is 0 Å². The van der Waals surface area contributed by atoms with E-state index >= 15 is 0 Å². The molecule has 0 bridgehead atoms. The van der Waals surface area contributed by atoms with E-state index in [1.807, 2.05) is 26.0 Å². The monoisotopic (exact) mass is 402 g/mol. The van der Waals surface area contributed by atoms with Gasteiger partial charge in [-0.25, -0.2) is 4.90 Å². The highest BCUT2D eigenvalue weighted by Gasteiger charge is 2.39. The van der Waals surface area contributed by atoms with Gasteiger partial charge in [0.25, 0.3) is 0 Å². The topological polar surface area (TPSA) is 69.7 Å². The molecule has 2 aromatic rings. The number of nitrogens with two attached hydrogens (primary N) is 1. The van der Waals surface area contributed by atoms with E-state index in [4.69, 9.17) is 17.3 Å². The molecule has 152 valence electrons. The zero-order valence-electron chi connectivity index (χ0n) is 16.9. The summed E-state index contributed by atoms with van der Waals surface area (Å²) in [5, 5.41) is 21.1. The third-order valence-electron chi connectivity index (χ3n) is 6.41. The first-order chi connectivity index (χ1) is 13.2. The maximum Gasteiger partial charge on any atom is 0.238 e. The molecule has 0 aliphatic heterocycles. The summed E-state index contributed by atoms with van der Waals surface area (Å²) in [5.41, 5.74) is 9.12. The van der Waals surface area contributed by atoms with E-state index in [2.05, 4.69) is 36.4 Å². The quantitative estimate of drug-likeness (QED) is 0.611. The molecular weight excluding hydrogens is 372 g/mol. The van der Waals surface area contributed by atoms with Crippen LogP contribution in [0.4, 0.5) is 0 Å². The Kier molecular flexibility index (Phi) is 6.18. The molecule has 0 saturated carbocycles. The van der Waals surface area contributed by atoms with Crippen LogP contribution < -0.4 is 5.73 Å². The van der Waals surface area contributed by atoms with Crippen molar-refractivity contribution in [2.75, 3.05) is 13.6 Å². The fourth-order valence-corrected chi connectivity index (χ4v) is 4.53. The minimum Gasteiger partial charge on any atom is -0.352 e. The predicted octanol–water partition coefficient (Wildman–Crippen LogP) is 4.05. The molecule has 28 heavy (non-hydrogen) atoms. The van der Waals surface area contributed by atoms with E-state index < -0.39 is 11.4 Å². The zero-order chi connectivity index (χ0) is 20.5. The van der Waals surface area contributed by atoms with Gasteiger partial charge >= 0.3 is 0 Å². The third kappa shape index (κ3) is 4.27. The Morgan fingerprint density at radius 1 is 1.11 bits per heavy atom. The van der Waals surface area contributed by atoms with Gasteiger partial charge in [-0.2, -0.15) is 0 Å². The van der Waals surface area contributed by atoms with E-state index in [-0.39, 0.29) is 6.54 Å². The second-order valence-electron chi connectivity index (χ2n) is 8.56. The normalized spacial score (nSPS) is 19.9. The van der Waals surface area contributed by atoms with Crippen molar-refractivity contribution < 1.29 is 10.2 Å². The van der Waals surface area contributed by atoms with Crippen LogP contribution in [0, 0.1) is 0 Å². The minimum atomic E-state index is -2.01. The van der Waals surface area contributed by atoms with Crippen molar-refractivity contribution in [1.29, 1.82) is 0 Å². The van der Waals surface area contributed by atoms with Gasteiger partial charge in [-0.3, -0.25) is 0 Å². The molecule has 2 atom stereocenters. The van der Waals surface area contributed by atoms with Gasteiger partial charge in [0, 0.05) is 16.5 Å². The van der Waals surface area contributed by atoms with Crippen LogP contribution in [0.25, 0.3) is 0 Å². The van der Waals surface area contributed by atoms with Crippen molar-refractivity contribution >= 4 is 11.6 Å². The molecule has 5 heteroatoms. The average molecular weight is 403 g/mol. The van der Waals surface area contributed by atoms with Crippen LogP contribution >= 0.6 is 11.6 Å². The molecule has 0 unspecified atom stereocenters. The number of halogens is 1. The Morgan fingerprint density at radius 2 is 1.79 bits per heavy atom. The van der Waals surface area contributed by atoms with E-state index in [1.165, 1.54) is 16.7 Å². The number of likely N-dealkylation sites (N-methyl/N-ethyl adjacent to an activating group) is 1. The molecule has 0 saturated heterocycles. The van der Waals surface area contributed by atoms with E-state index in [0.29, 0.717) is 11.8 Å². The van der Waals surface area contributed by atoms with Crippen LogP contribution in [0.2, 0.25) is 5.02 Å². The van der Waals surface area contributed by atoms with Crippen LogP contribution in [0.5, 0.6) is 0 Å². The molecule has 0 heterocycles. The van der Waals surface area contributed by atoms with Crippen LogP contribution in [0.3, 0.4) is 0 Å². The Hall–Kier alpha value is -1.43. The van der Waals surface area contributed by atoms with E-state index in [9.17, 15) is 10.2 Å². The predicted molar refractivity (Wildman–Crippen MR) is 114 cm³/mol. The summed E-state index contributed by atoms with van der Waals surface area (Å²) >= 11 is 6.31. The molecule has 4 nitrogen and oxygen atoms in total. The summed E-state index contributed by atoms with van der Waals surface area (Å²) in [5.74, 6) is -1.25. The lowest BCUT2D eigenvalue weighted by Gasteiger charge is -2.43. The van der Waals surface area contributed by atoms with Gasteiger partial charge in [-0.1, -0.05) is 48.0 Å². The molecule has 0 spiro atoms. The fraction of sp³-hybridized carbons (Fsp3) is 0.478. The molecule has 0 amide bonds.